The van der Waals surface area contributed by atoms with Gasteiger partial charge >= 0.3 is 0 Å². The second-order valence-electron chi connectivity index (χ2n) is 7.81. The summed E-state index contributed by atoms with van der Waals surface area (Å²) in [4.78, 5) is 14.8. The van der Waals surface area contributed by atoms with Crippen LogP contribution in [0.1, 0.15) is 36.5 Å². The van der Waals surface area contributed by atoms with Gasteiger partial charge in [-0.2, -0.15) is 0 Å². The Morgan fingerprint density at radius 3 is 2.52 bits per heavy atom. The van der Waals surface area contributed by atoms with Crippen LogP contribution in [-0.4, -0.2) is 29.9 Å². The number of carbonyl (C=O) groups excluding carboxylic acids is 1. The second kappa shape index (κ2) is 9.67. The van der Waals surface area contributed by atoms with E-state index >= 15 is 0 Å². The highest BCUT2D eigenvalue weighted by Crippen LogP contribution is 2.18. The number of hydrogen-bond donors (Lipinski definition) is 2. The van der Waals surface area contributed by atoms with E-state index < -0.39 is 6.04 Å². The molecule has 1 saturated heterocycles. The van der Waals surface area contributed by atoms with Crippen LogP contribution < -0.4 is 11.1 Å². The lowest BCUT2D eigenvalue weighted by atomic mass is 9.99. The van der Waals surface area contributed by atoms with Crippen molar-refractivity contribution in [1.29, 1.82) is 0 Å². The minimum atomic E-state index is -0.521. The van der Waals surface area contributed by atoms with Crippen molar-refractivity contribution >= 4 is 5.91 Å². The molecule has 2 aromatic rings. The van der Waals surface area contributed by atoms with Crippen LogP contribution in [0.25, 0.3) is 0 Å². The number of likely N-dealkylation sites (tertiary alicyclic amines) is 1. The number of nitrogens with one attached hydrogen (secondary N) is 1. The number of nitrogens with two attached hydrogens (primary N) is 1. The summed E-state index contributed by atoms with van der Waals surface area (Å²) in [7, 11) is 0. The molecule has 0 spiro atoms. The standard InChI is InChI=1S/C23H31N3O/c1-18-6-5-13-26(16-18)17-21-11-9-20(10-12-21)15-25-23(27)22(24)14-19-7-3-2-4-8-19/h2-4,7-12,18,22H,5-6,13-17,24H2,1H3,(H,25,27). The highest BCUT2D eigenvalue weighted by atomic mass is 16.2. The molecule has 2 unspecified atom stereocenters. The third-order valence-electron chi connectivity index (χ3n) is 5.27. The van der Waals surface area contributed by atoms with Gasteiger partial charge in [0.1, 0.15) is 0 Å². The highest BCUT2D eigenvalue weighted by Gasteiger charge is 2.16. The zero-order chi connectivity index (χ0) is 19.1. The molecule has 0 aromatic heterocycles. The normalized spacial score (nSPS) is 18.8. The molecule has 0 radical (unpaired) electrons. The lowest BCUT2D eigenvalue weighted by molar-refractivity contribution is -0.122. The predicted octanol–water partition coefficient (Wildman–Crippen LogP) is 3.10. The number of hydrogen-bond acceptors (Lipinski definition) is 3. The van der Waals surface area contributed by atoms with E-state index in [4.69, 9.17) is 5.73 Å². The number of benzene rings is 2. The van der Waals surface area contributed by atoms with Gasteiger partial charge in [0.25, 0.3) is 0 Å². The molecule has 0 aliphatic carbocycles. The molecule has 1 fully saturated rings. The molecular formula is C23H31N3O. The average molecular weight is 366 g/mol. The van der Waals surface area contributed by atoms with Gasteiger partial charge in [-0.15, -0.1) is 0 Å². The van der Waals surface area contributed by atoms with E-state index in [2.05, 4.69) is 41.4 Å². The first-order chi connectivity index (χ1) is 13.1. The van der Waals surface area contributed by atoms with Gasteiger partial charge in [-0.05, 0) is 48.4 Å². The van der Waals surface area contributed by atoms with Crippen molar-refractivity contribution in [2.45, 2.75) is 45.3 Å². The first kappa shape index (κ1) is 19.6. The molecule has 3 rings (SSSR count). The number of nitrogens with zero attached hydrogens (tertiary/aromatic N) is 1. The van der Waals surface area contributed by atoms with E-state index in [-0.39, 0.29) is 5.91 Å². The Hall–Kier alpha value is -2.17. The SMILES string of the molecule is CC1CCCN(Cc2ccc(CNC(=O)C(N)Cc3ccccc3)cc2)C1. The molecule has 1 amide bonds. The average Bonchev–Trinajstić information content (AvgIpc) is 2.68. The second-order valence-corrected chi connectivity index (χ2v) is 7.81. The number of piperidine rings is 1. The highest BCUT2D eigenvalue weighted by molar-refractivity contribution is 5.81. The van der Waals surface area contributed by atoms with Crippen LogP contribution in [0.3, 0.4) is 0 Å². The summed E-state index contributed by atoms with van der Waals surface area (Å²) in [5, 5.41) is 2.95. The summed E-state index contributed by atoms with van der Waals surface area (Å²) in [5.74, 6) is 0.693. The monoisotopic (exact) mass is 365 g/mol. The third kappa shape index (κ3) is 6.19. The van der Waals surface area contributed by atoms with Crippen LogP contribution >= 0.6 is 0 Å². The summed E-state index contributed by atoms with van der Waals surface area (Å²) in [5.41, 5.74) is 9.55. The van der Waals surface area contributed by atoms with Gasteiger partial charge in [0.15, 0.2) is 0 Å². The molecule has 1 heterocycles. The Balaban J connectivity index is 1.44. The molecule has 4 nitrogen and oxygen atoms in total. The van der Waals surface area contributed by atoms with Gasteiger partial charge in [-0.25, -0.2) is 0 Å². The van der Waals surface area contributed by atoms with Crippen LogP contribution in [0.15, 0.2) is 54.6 Å². The molecule has 4 heteroatoms. The molecule has 0 saturated carbocycles. The van der Waals surface area contributed by atoms with E-state index in [1.165, 1.54) is 31.5 Å². The first-order valence-electron chi connectivity index (χ1n) is 9.97. The molecule has 0 bridgehead atoms. The minimum absolute atomic E-state index is 0.106. The summed E-state index contributed by atoms with van der Waals surface area (Å²) in [6, 6.07) is 17.9. The Kier molecular flexibility index (Phi) is 7.02. The van der Waals surface area contributed by atoms with Gasteiger partial charge in [0.2, 0.25) is 5.91 Å². The lowest BCUT2D eigenvalue weighted by Gasteiger charge is -2.30. The number of amides is 1. The molecule has 144 valence electrons. The Labute approximate surface area is 162 Å². The zero-order valence-electron chi connectivity index (χ0n) is 16.2. The van der Waals surface area contributed by atoms with Crippen LogP contribution in [0.5, 0.6) is 0 Å². The zero-order valence-corrected chi connectivity index (χ0v) is 16.2. The maximum Gasteiger partial charge on any atom is 0.237 e. The van der Waals surface area contributed by atoms with Crippen LogP contribution in [0.4, 0.5) is 0 Å². The largest absolute Gasteiger partial charge is 0.351 e. The van der Waals surface area contributed by atoms with E-state index in [0.717, 1.165) is 23.6 Å². The maximum absolute atomic E-state index is 12.2. The molecule has 2 aromatic carbocycles. The van der Waals surface area contributed by atoms with Crippen molar-refractivity contribution in [1.82, 2.24) is 10.2 Å². The molecule has 3 N–H and O–H groups in total. The first-order valence-corrected chi connectivity index (χ1v) is 9.97. The van der Waals surface area contributed by atoms with Gasteiger partial charge in [-0.3, -0.25) is 9.69 Å². The number of carbonyl (C=O) groups is 1. The van der Waals surface area contributed by atoms with Crippen molar-refractivity contribution in [2.24, 2.45) is 11.7 Å². The maximum atomic E-state index is 12.2. The fourth-order valence-corrected chi connectivity index (χ4v) is 3.73. The van der Waals surface area contributed by atoms with Crippen molar-refractivity contribution < 1.29 is 4.79 Å². The van der Waals surface area contributed by atoms with Crippen molar-refractivity contribution in [3.63, 3.8) is 0 Å². The smallest absolute Gasteiger partial charge is 0.237 e. The van der Waals surface area contributed by atoms with E-state index in [1.807, 2.05) is 30.3 Å². The minimum Gasteiger partial charge on any atom is -0.351 e. The Bertz CT molecular complexity index is 714. The van der Waals surface area contributed by atoms with Crippen LogP contribution in [-0.2, 0) is 24.3 Å². The van der Waals surface area contributed by atoms with Crippen molar-refractivity contribution in [2.75, 3.05) is 13.1 Å². The fraction of sp³-hybridized carbons (Fsp3) is 0.435. The van der Waals surface area contributed by atoms with E-state index in [0.29, 0.717) is 13.0 Å². The van der Waals surface area contributed by atoms with E-state index in [9.17, 15) is 4.79 Å². The molecule has 1 aliphatic rings. The molecular weight excluding hydrogens is 334 g/mol. The fourth-order valence-electron chi connectivity index (χ4n) is 3.73. The van der Waals surface area contributed by atoms with Crippen molar-refractivity contribution in [3.8, 4) is 0 Å². The molecule has 1 aliphatic heterocycles. The van der Waals surface area contributed by atoms with Crippen LogP contribution in [0, 0.1) is 5.92 Å². The summed E-state index contributed by atoms with van der Waals surface area (Å²) in [6.07, 6.45) is 3.20. The summed E-state index contributed by atoms with van der Waals surface area (Å²) >= 11 is 0. The lowest BCUT2D eigenvalue weighted by Crippen LogP contribution is -2.41. The molecule has 2 atom stereocenters. The quantitative estimate of drug-likeness (QED) is 0.793. The Morgan fingerprint density at radius 2 is 1.81 bits per heavy atom. The van der Waals surface area contributed by atoms with Crippen molar-refractivity contribution in [3.05, 3.63) is 71.3 Å². The van der Waals surface area contributed by atoms with Crippen LogP contribution in [0.2, 0.25) is 0 Å². The summed E-state index contributed by atoms with van der Waals surface area (Å²) in [6.45, 7) is 6.25. The Morgan fingerprint density at radius 1 is 1.11 bits per heavy atom. The third-order valence-corrected chi connectivity index (χ3v) is 5.27. The van der Waals surface area contributed by atoms with Gasteiger partial charge < -0.3 is 11.1 Å². The summed E-state index contributed by atoms with van der Waals surface area (Å²) < 4.78 is 0. The van der Waals surface area contributed by atoms with E-state index in [1.54, 1.807) is 0 Å². The van der Waals surface area contributed by atoms with Gasteiger partial charge in [-0.1, -0.05) is 61.5 Å². The van der Waals surface area contributed by atoms with Gasteiger partial charge in [0, 0.05) is 19.6 Å². The predicted molar refractivity (Wildman–Crippen MR) is 110 cm³/mol. The van der Waals surface area contributed by atoms with Gasteiger partial charge in [0.05, 0.1) is 6.04 Å². The molecule has 27 heavy (non-hydrogen) atoms. The number of rotatable bonds is 7. The topological polar surface area (TPSA) is 58.4 Å².